The normalized spacial score (nSPS) is 16.3. The number of carboxylic acids is 1. The van der Waals surface area contributed by atoms with Gasteiger partial charge in [-0.1, -0.05) is 26.0 Å². The van der Waals surface area contributed by atoms with E-state index in [0.29, 0.717) is 18.4 Å². The molecular formula is C32H49N9O9. The standard InChI is InChI=1S/C32H49N9O9/c1-17(2)26(30(49)39-22(27(46)35-4)15-19-9-11-20(43)12-10-19)40-28(47)23(16-25(44)45)38-29(48)24-8-6-14-41(24)31(50)21(37-18(3)42)7-5-13-36-32(33)34/h9-12,17,21-24,26,43H,5-8,13-16H2,1-4H3,(H,35,46)(H,37,42)(H,38,48)(H,39,49)(H,40,47)(H,44,45)(H4,33,34,36)/t21-,22-,23-,24-,26-/m0/s1. The minimum absolute atomic E-state index is 0.0253. The highest BCUT2D eigenvalue weighted by Gasteiger charge is 2.39. The first kappa shape index (κ1) is 40.8. The molecule has 276 valence electrons. The summed E-state index contributed by atoms with van der Waals surface area (Å²) in [5, 5.41) is 31.8. The van der Waals surface area contributed by atoms with E-state index in [9.17, 15) is 43.8 Å². The molecule has 1 aliphatic rings. The van der Waals surface area contributed by atoms with Crippen molar-refractivity contribution in [2.24, 2.45) is 22.4 Å². The van der Waals surface area contributed by atoms with Gasteiger partial charge in [0, 0.05) is 33.5 Å². The predicted molar refractivity (Wildman–Crippen MR) is 181 cm³/mol. The Bertz CT molecular complexity index is 1410. The Morgan fingerprint density at radius 3 is 2.14 bits per heavy atom. The van der Waals surface area contributed by atoms with Gasteiger partial charge in [0.05, 0.1) is 6.42 Å². The number of carbonyl (C=O) groups excluding carboxylic acids is 6. The monoisotopic (exact) mass is 703 g/mol. The van der Waals surface area contributed by atoms with Crippen LogP contribution < -0.4 is 38.1 Å². The number of phenolic OH excluding ortho intramolecular Hbond substituents is 1. The molecule has 5 atom stereocenters. The minimum Gasteiger partial charge on any atom is -0.508 e. The van der Waals surface area contributed by atoms with Gasteiger partial charge in [0.25, 0.3) is 0 Å². The van der Waals surface area contributed by atoms with E-state index in [-0.39, 0.29) is 44.1 Å². The molecule has 18 nitrogen and oxygen atoms in total. The molecule has 50 heavy (non-hydrogen) atoms. The first-order valence-corrected chi connectivity index (χ1v) is 16.3. The Kier molecular flexibility index (Phi) is 15.9. The summed E-state index contributed by atoms with van der Waals surface area (Å²) in [5.74, 6) is -6.00. The van der Waals surface area contributed by atoms with Crippen LogP contribution in [0.2, 0.25) is 0 Å². The molecule has 0 unspecified atom stereocenters. The number of nitrogens with two attached hydrogens (primary N) is 2. The lowest BCUT2D eigenvalue weighted by atomic mass is 10.00. The van der Waals surface area contributed by atoms with Gasteiger partial charge >= 0.3 is 5.97 Å². The topological polar surface area (TPSA) is 288 Å². The Morgan fingerprint density at radius 2 is 1.58 bits per heavy atom. The fraction of sp³-hybridized carbons (Fsp3) is 0.562. The Hall–Kier alpha value is -5.42. The van der Waals surface area contributed by atoms with Crippen LogP contribution >= 0.6 is 0 Å². The zero-order valence-corrected chi connectivity index (χ0v) is 28.7. The van der Waals surface area contributed by atoms with E-state index in [0.717, 1.165) is 0 Å². The highest BCUT2D eigenvalue weighted by atomic mass is 16.4. The van der Waals surface area contributed by atoms with E-state index in [4.69, 9.17) is 11.5 Å². The molecule has 0 aromatic heterocycles. The lowest BCUT2D eigenvalue weighted by Gasteiger charge is -2.30. The third-order valence-electron chi connectivity index (χ3n) is 7.97. The van der Waals surface area contributed by atoms with Crippen LogP contribution in [0, 0.1) is 5.92 Å². The number of benzene rings is 1. The van der Waals surface area contributed by atoms with Gasteiger partial charge < -0.3 is 53.2 Å². The molecule has 6 amide bonds. The maximum Gasteiger partial charge on any atom is 0.305 e. The fourth-order valence-electron chi connectivity index (χ4n) is 5.46. The summed E-state index contributed by atoms with van der Waals surface area (Å²) < 4.78 is 0. The molecule has 11 N–H and O–H groups in total. The number of rotatable bonds is 18. The van der Waals surface area contributed by atoms with Crippen molar-refractivity contribution < 1.29 is 43.8 Å². The van der Waals surface area contributed by atoms with E-state index >= 15 is 0 Å². The van der Waals surface area contributed by atoms with Crippen molar-refractivity contribution in [2.45, 2.75) is 89.5 Å². The molecule has 1 aliphatic heterocycles. The van der Waals surface area contributed by atoms with Gasteiger partial charge in [0.15, 0.2) is 5.96 Å². The number of carboxylic acid groups (broad SMARTS) is 1. The van der Waals surface area contributed by atoms with E-state index in [1.165, 1.54) is 31.0 Å². The lowest BCUT2D eigenvalue weighted by Crippen LogP contribution is -2.60. The minimum atomic E-state index is -1.62. The number of likely N-dealkylation sites (N-methyl/N-ethyl adjacent to an activating group) is 1. The first-order chi connectivity index (χ1) is 23.5. The highest BCUT2D eigenvalue weighted by molar-refractivity contribution is 5.97. The molecule has 18 heteroatoms. The molecule has 1 aromatic rings. The average Bonchev–Trinajstić information content (AvgIpc) is 3.54. The van der Waals surface area contributed by atoms with Crippen molar-refractivity contribution in [3.8, 4) is 5.75 Å². The molecule has 0 spiro atoms. The maximum absolute atomic E-state index is 13.5. The van der Waals surface area contributed by atoms with Gasteiger partial charge in [-0.25, -0.2) is 0 Å². The molecule has 0 saturated carbocycles. The third kappa shape index (κ3) is 12.9. The van der Waals surface area contributed by atoms with Crippen LogP contribution in [0.15, 0.2) is 29.3 Å². The van der Waals surface area contributed by atoms with Crippen molar-refractivity contribution >= 4 is 47.4 Å². The molecule has 1 fully saturated rings. The molecule has 2 rings (SSSR count). The molecular weight excluding hydrogens is 654 g/mol. The van der Waals surface area contributed by atoms with Crippen LogP contribution in [0.1, 0.15) is 58.4 Å². The summed E-state index contributed by atoms with van der Waals surface area (Å²) in [4.78, 5) is 95.2. The van der Waals surface area contributed by atoms with Crippen LogP contribution in [0.25, 0.3) is 0 Å². The molecule has 0 radical (unpaired) electrons. The number of aliphatic carboxylic acids is 1. The van der Waals surface area contributed by atoms with Crippen LogP contribution in [0.5, 0.6) is 5.75 Å². The van der Waals surface area contributed by atoms with Gasteiger partial charge in [-0.3, -0.25) is 38.6 Å². The quantitative estimate of drug-likeness (QED) is 0.0450. The van der Waals surface area contributed by atoms with Crippen molar-refractivity contribution in [1.82, 2.24) is 31.5 Å². The summed E-state index contributed by atoms with van der Waals surface area (Å²) in [6.07, 6.45) is 0.429. The zero-order chi connectivity index (χ0) is 37.5. The van der Waals surface area contributed by atoms with Crippen molar-refractivity contribution in [2.75, 3.05) is 20.1 Å². The van der Waals surface area contributed by atoms with Gasteiger partial charge in [-0.05, 0) is 49.3 Å². The number of hydrogen-bond donors (Lipinski definition) is 9. The summed E-state index contributed by atoms with van der Waals surface area (Å²) in [5.41, 5.74) is 11.3. The second-order valence-electron chi connectivity index (χ2n) is 12.3. The predicted octanol–water partition coefficient (Wildman–Crippen LogP) is -2.18. The number of hydrogen-bond acceptors (Lipinski definition) is 9. The summed E-state index contributed by atoms with van der Waals surface area (Å²) in [7, 11) is 1.40. The Balaban J connectivity index is 2.20. The number of nitrogens with zero attached hydrogens (tertiary/aromatic N) is 2. The zero-order valence-electron chi connectivity index (χ0n) is 28.7. The molecule has 1 aromatic carbocycles. The molecule has 1 saturated heterocycles. The number of carbonyl (C=O) groups is 7. The van der Waals surface area contributed by atoms with Gasteiger partial charge in [-0.2, -0.15) is 0 Å². The van der Waals surface area contributed by atoms with E-state index in [1.54, 1.807) is 26.0 Å². The number of guanidine groups is 1. The number of likely N-dealkylation sites (tertiary alicyclic amines) is 1. The summed E-state index contributed by atoms with van der Waals surface area (Å²) >= 11 is 0. The number of nitrogens with one attached hydrogen (secondary N) is 5. The van der Waals surface area contributed by atoms with Crippen molar-refractivity contribution in [1.29, 1.82) is 0 Å². The Morgan fingerprint density at radius 1 is 0.920 bits per heavy atom. The van der Waals surface area contributed by atoms with Crippen molar-refractivity contribution in [3.05, 3.63) is 29.8 Å². The van der Waals surface area contributed by atoms with E-state index < -0.39 is 84.0 Å². The van der Waals surface area contributed by atoms with E-state index in [2.05, 4.69) is 31.6 Å². The van der Waals surface area contributed by atoms with Crippen LogP contribution in [0.3, 0.4) is 0 Å². The first-order valence-electron chi connectivity index (χ1n) is 16.3. The Labute approximate surface area is 290 Å². The third-order valence-corrected chi connectivity index (χ3v) is 7.97. The second kappa shape index (κ2) is 19.5. The number of aliphatic imine (C=N–C) groups is 1. The highest BCUT2D eigenvalue weighted by Crippen LogP contribution is 2.20. The van der Waals surface area contributed by atoms with Crippen LogP contribution in [-0.2, 0) is 40.0 Å². The lowest BCUT2D eigenvalue weighted by molar-refractivity contribution is -0.144. The average molecular weight is 704 g/mol. The number of amides is 6. The van der Waals surface area contributed by atoms with Gasteiger partial charge in [0.1, 0.15) is 36.0 Å². The number of aromatic hydroxyl groups is 1. The summed E-state index contributed by atoms with van der Waals surface area (Å²) in [6.45, 7) is 4.91. The molecule has 1 heterocycles. The SMILES string of the molecule is CNC(=O)[C@H](Cc1ccc(O)cc1)NC(=O)[C@@H](NC(=O)[C@H](CC(=O)O)NC(=O)[C@@H]1CCCN1C(=O)[C@H](CCCN=C(N)N)NC(C)=O)C(C)C. The largest absolute Gasteiger partial charge is 0.508 e. The van der Waals surface area contributed by atoms with E-state index in [1.807, 2.05) is 0 Å². The molecule has 0 aliphatic carbocycles. The summed E-state index contributed by atoms with van der Waals surface area (Å²) in [6, 6.07) is 0.108. The van der Waals surface area contributed by atoms with Crippen LogP contribution in [0.4, 0.5) is 0 Å². The second-order valence-corrected chi connectivity index (χ2v) is 12.3. The van der Waals surface area contributed by atoms with Crippen LogP contribution in [-0.4, -0.2) is 113 Å². The fourth-order valence-corrected chi connectivity index (χ4v) is 5.46. The maximum atomic E-state index is 13.5. The van der Waals surface area contributed by atoms with Gasteiger partial charge in [-0.15, -0.1) is 0 Å². The smallest absolute Gasteiger partial charge is 0.305 e. The van der Waals surface area contributed by atoms with Crippen molar-refractivity contribution in [3.63, 3.8) is 0 Å². The van der Waals surface area contributed by atoms with Gasteiger partial charge in [0.2, 0.25) is 35.4 Å². The molecule has 0 bridgehead atoms. The number of phenols is 1.